The quantitative estimate of drug-likeness (QED) is 0.425. The summed E-state index contributed by atoms with van der Waals surface area (Å²) in [5.41, 5.74) is 0. The third-order valence-corrected chi connectivity index (χ3v) is 8.08. The predicted molar refractivity (Wildman–Crippen MR) is 106 cm³/mol. The molecular weight excluding hydrogens is 375 g/mol. The van der Waals surface area contributed by atoms with Crippen molar-refractivity contribution in [3.05, 3.63) is 48.5 Å². The average molecular weight is 398 g/mol. The van der Waals surface area contributed by atoms with E-state index in [0.29, 0.717) is 18.1 Å². The van der Waals surface area contributed by atoms with Crippen LogP contribution in [0.4, 0.5) is 0 Å². The van der Waals surface area contributed by atoms with Crippen molar-refractivity contribution in [2.75, 3.05) is 19.5 Å². The van der Waals surface area contributed by atoms with E-state index in [2.05, 4.69) is 0 Å². The Morgan fingerprint density at radius 2 is 1.84 bits per heavy atom. The van der Waals surface area contributed by atoms with Gasteiger partial charge in [-0.05, 0) is 49.0 Å². The largest absolute Gasteiger partial charge is 0.495 e. The molecule has 0 aromatic heterocycles. The van der Waals surface area contributed by atoms with Crippen LogP contribution in [0, 0.1) is 0 Å². The third-order valence-electron chi connectivity index (χ3n) is 3.06. The van der Waals surface area contributed by atoms with Gasteiger partial charge in [0, 0.05) is 16.7 Å². The van der Waals surface area contributed by atoms with Crippen LogP contribution < -0.4 is 9.26 Å². The number of benzene rings is 2. The summed E-state index contributed by atoms with van der Waals surface area (Å²) in [6.07, 6.45) is 0.904. The van der Waals surface area contributed by atoms with Gasteiger partial charge in [-0.15, -0.1) is 0 Å². The van der Waals surface area contributed by atoms with Gasteiger partial charge in [-0.25, -0.2) is 4.57 Å². The number of hydrogen-bond acceptors (Lipinski definition) is 6. The first-order valence-corrected chi connectivity index (χ1v) is 12.0. The third kappa shape index (κ3) is 6.30. The molecule has 0 bridgehead atoms. The lowest BCUT2D eigenvalue weighted by Gasteiger charge is -2.18. The Morgan fingerprint density at radius 1 is 1.08 bits per heavy atom. The highest BCUT2D eigenvalue weighted by atomic mass is 32.7. The molecule has 0 amide bonds. The van der Waals surface area contributed by atoms with Gasteiger partial charge in [0.15, 0.2) is 0 Å². The van der Waals surface area contributed by atoms with Gasteiger partial charge in [-0.3, -0.25) is 4.52 Å². The molecule has 0 saturated carbocycles. The second kappa shape index (κ2) is 10.2. The maximum Gasteiger partial charge on any atom is 0.440 e. The molecule has 136 valence electrons. The first-order chi connectivity index (χ1) is 12.1. The lowest BCUT2D eigenvalue weighted by atomic mass is 10.3. The fourth-order valence-corrected chi connectivity index (χ4v) is 6.36. The second-order valence-electron chi connectivity index (χ2n) is 5.02. The Bertz CT molecular complexity index is 709. The van der Waals surface area contributed by atoms with Crippen LogP contribution in [0.2, 0.25) is 0 Å². The summed E-state index contributed by atoms with van der Waals surface area (Å²) < 4.78 is 29.3. The van der Waals surface area contributed by atoms with Crippen molar-refractivity contribution in [2.24, 2.45) is 0 Å². The van der Waals surface area contributed by atoms with Crippen LogP contribution in [-0.4, -0.2) is 19.5 Å². The zero-order valence-electron chi connectivity index (χ0n) is 14.6. The van der Waals surface area contributed by atoms with Crippen molar-refractivity contribution < 1.29 is 18.3 Å². The van der Waals surface area contributed by atoms with E-state index in [1.54, 1.807) is 31.0 Å². The standard InChI is InChI=1S/C18H23O4PS2/c1-4-13-24-23(19,21-5-2)22-15-11-12-18(17(14-15)20-3)25-16-9-7-6-8-10-16/h6-12,14H,4-5,13H2,1-3H3. The summed E-state index contributed by atoms with van der Waals surface area (Å²) in [5.74, 6) is 1.88. The van der Waals surface area contributed by atoms with E-state index < -0.39 is 6.80 Å². The molecule has 0 aliphatic heterocycles. The summed E-state index contributed by atoms with van der Waals surface area (Å²) in [5, 5.41) is 0. The molecule has 25 heavy (non-hydrogen) atoms. The zero-order valence-corrected chi connectivity index (χ0v) is 17.2. The molecule has 0 saturated heterocycles. The normalized spacial score (nSPS) is 13.2. The molecule has 0 aliphatic carbocycles. The van der Waals surface area contributed by atoms with Crippen molar-refractivity contribution >= 4 is 29.9 Å². The van der Waals surface area contributed by atoms with Gasteiger partial charge in [-0.2, -0.15) is 0 Å². The fourth-order valence-electron chi connectivity index (χ4n) is 1.98. The van der Waals surface area contributed by atoms with E-state index in [9.17, 15) is 4.57 Å². The molecule has 0 radical (unpaired) electrons. The van der Waals surface area contributed by atoms with Crippen molar-refractivity contribution in [2.45, 2.75) is 30.1 Å². The zero-order chi connectivity index (χ0) is 18.1. The summed E-state index contributed by atoms with van der Waals surface area (Å²) >= 11 is 2.83. The molecule has 2 rings (SSSR count). The molecule has 0 aliphatic rings. The highest BCUT2D eigenvalue weighted by molar-refractivity contribution is 8.55. The minimum absolute atomic E-state index is 0.340. The van der Waals surface area contributed by atoms with Crippen LogP contribution in [-0.2, 0) is 9.09 Å². The first-order valence-electron chi connectivity index (χ1n) is 8.10. The minimum atomic E-state index is -3.22. The van der Waals surface area contributed by atoms with E-state index in [4.69, 9.17) is 13.8 Å². The van der Waals surface area contributed by atoms with Crippen LogP contribution >= 0.6 is 29.9 Å². The lowest BCUT2D eigenvalue weighted by Crippen LogP contribution is -1.97. The molecule has 7 heteroatoms. The molecule has 1 atom stereocenters. The highest BCUT2D eigenvalue weighted by Crippen LogP contribution is 2.60. The topological polar surface area (TPSA) is 44.8 Å². The van der Waals surface area contributed by atoms with E-state index in [-0.39, 0.29) is 0 Å². The Kier molecular flexibility index (Phi) is 8.24. The van der Waals surface area contributed by atoms with Gasteiger partial charge in [-0.1, -0.05) is 36.9 Å². The van der Waals surface area contributed by atoms with Crippen molar-refractivity contribution in [1.82, 2.24) is 0 Å². The molecule has 4 nitrogen and oxygen atoms in total. The van der Waals surface area contributed by atoms with E-state index in [0.717, 1.165) is 22.0 Å². The van der Waals surface area contributed by atoms with Gasteiger partial charge in [0.25, 0.3) is 0 Å². The van der Waals surface area contributed by atoms with Crippen molar-refractivity contribution in [1.29, 1.82) is 0 Å². The first kappa shape index (κ1) is 20.2. The van der Waals surface area contributed by atoms with Crippen LogP contribution in [0.1, 0.15) is 20.3 Å². The maximum atomic E-state index is 12.8. The van der Waals surface area contributed by atoms with Crippen LogP contribution in [0.15, 0.2) is 58.3 Å². The smallest absolute Gasteiger partial charge is 0.440 e. The van der Waals surface area contributed by atoms with Crippen LogP contribution in [0.5, 0.6) is 11.5 Å². The maximum absolute atomic E-state index is 12.8. The molecular formula is C18H23O4PS2. The lowest BCUT2D eigenvalue weighted by molar-refractivity contribution is 0.295. The average Bonchev–Trinajstić information content (AvgIpc) is 2.62. The number of methoxy groups -OCH3 is 1. The molecule has 2 aromatic rings. The van der Waals surface area contributed by atoms with E-state index in [1.165, 1.54) is 11.4 Å². The fraction of sp³-hybridized carbons (Fsp3) is 0.333. The summed E-state index contributed by atoms with van der Waals surface area (Å²) in [6.45, 7) is 0.963. The monoisotopic (exact) mass is 398 g/mol. The van der Waals surface area contributed by atoms with Crippen molar-refractivity contribution in [3.63, 3.8) is 0 Å². The van der Waals surface area contributed by atoms with Gasteiger partial charge in [0.05, 0.1) is 18.6 Å². The Hall–Kier alpha value is -1.07. The molecule has 2 aromatic carbocycles. The van der Waals surface area contributed by atoms with Gasteiger partial charge in [0.2, 0.25) is 0 Å². The molecule has 0 heterocycles. The van der Waals surface area contributed by atoms with Gasteiger partial charge in [0.1, 0.15) is 11.5 Å². The summed E-state index contributed by atoms with van der Waals surface area (Å²) in [4.78, 5) is 2.08. The number of ether oxygens (including phenoxy) is 1. The van der Waals surface area contributed by atoms with Crippen LogP contribution in [0.25, 0.3) is 0 Å². The Morgan fingerprint density at radius 3 is 2.48 bits per heavy atom. The molecule has 0 fully saturated rings. The SMILES string of the molecule is CCCSP(=O)(OCC)Oc1ccc(Sc2ccccc2)c(OC)c1. The predicted octanol–water partition coefficient (Wildman–Crippen LogP) is 6.51. The number of rotatable bonds is 10. The Balaban J connectivity index is 2.18. The van der Waals surface area contributed by atoms with Crippen molar-refractivity contribution in [3.8, 4) is 11.5 Å². The van der Waals surface area contributed by atoms with Gasteiger partial charge < -0.3 is 9.26 Å². The summed E-state index contributed by atoms with van der Waals surface area (Å²) in [7, 11) is 1.61. The highest BCUT2D eigenvalue weighted by Gasteiger charge is 2.26. The molecule has 0 spiro atoms. The molecule has 0 N–H and O–H groups in total. The minimum Gasteiger partial charge on any atom is -0.495 e. The van der Waals surface area contributed by atoms with E-state index >= 15 is 0 Å². The number of hydrogen-bond donors (Lipinski definition) is 0. The Labute approximate surface area is 157 Å². The van der Waals surface area contributed by atoms with Crippen LogP contribution in [0.3, 0.4) is 0 Å². The second-order valence-corrected chi connectivity index (χ2v) is 10.3. The van der Waals surface area contributed by atoms with Gasteiger partial charge >= 0.3 is 6.80 Å². The summed E-state index contributed by atoms with van der Waals surface area (Å²) in [6, 6.07) is 15.5. The molecule has 1 unspecified atom stereocenters. The van der Waals surface area contributed by atoms with E-state index in [1.807, 2.05) is 50.2 Å².